The minimum absolute atomic E-state index is 0.216. The molecule has 0 spiro atoms. The minimum Gasteiger partial charge on any atom is -0.336 e. The smallest absolute Gasteiger partial charge is 0.0949 e. The summed E-state index contributed by atoms with van der Waals surface area (Å²) in [5.74, 6) is 0. The summed E-state index contributed by atoms with van der Waals surface area (Å²) in [6.07, 6.45) is 2.83. The van der Waals surface area contributed by atoms with Gasteiger partial charge in [0.1, 0.15) is 0 Å². The highest BCUT2D eigenvalue weighted by Gasteiger charge is 2.34. The summed E-state index contributed by atoms with van der Waals surface area (Å²) in [7, 11) is 4.22. The Bertz CT molecular complexity index is 605. The van der Waals surface area contributed by atoms with Crippen LogP contribution in [0.15, 0.2) is 35.1 Å². The fourth-order valence-corrected chi connectivity index (χ4v) is 3.32. The molecule has 2 N–H and O–H groups in total. The number of rotatable bonds is 2. The van der Waals surface area contributed by atoms with Gasteiger partial charge in [-0.1, -0.05) is 28.1 Å². The third-order valence-corrected chi connectivity index (χ3v) is 4.72. The molecule has 0 amide bonds. The first kappa shape index (κ1) is 13.8. The summed E-state index contributed by atoms with van der Waals surface area (Å²) in [4.78, 5) is 6.92. The molecular formula is C15H19BrN4. The van der Waals surface area contributed by atoms with Gasteiger partial charge in [-0.15, -0.1) is 0 Å². The fourth-order valence-electron chi connectivity index (χ4n) is 3.05. The molecule has 3 rings (SSSR count). The zero-order valence-corrected chi connectivity index (χ0v) is 13.3. The van der Waals surface area contributed by atoms with E-state index in [-0.39, 0.29) is 6.04 Å². The van der Waals surface area contributed by atoms with Gasteiger partial charge in [-0.3, -0.25) is 4.90 Å². The largest absolute Gasteiger partial charge is 0.336 e. The number of nitrogens with two attached hydrogens (primary N) is 1. The maximum absolute atomic E-state index is 5.94. The van der Waals surface area contributed by atoms with Crippen LogP contribution in [-0.4, -0.2) is 34.1 Å². The molecule has 0 fully saturated rings. The van der Waals surface area contributed by atoms with Gasteiger partial charge in [0.2, 0.25) is 0 Å². The normalized spacial score (nSPS) is 22.8. The van der Waals surface area contributed by atoms with Crippen LogP contribution in [0.3, 0.4) is 0 Å². The minimum atomic E-state index is 0.216. The second kappa shape index (κ2) is 5.31. The van der Waals surface area contributed by atoms with Crippen molar-refractivity contribution in [3.05, 3.63) is 52.0 Å². The molecule has 1 aromatic carbocycles. The molecular weight excluding hydrogens is 316 g/mol. The number of imidazole rings is 1. The van der Waals surface area contributed by atoms with Gasteiger partial charge in [0.05, 0.1) is 23.8 Å². The van der Waals surface area contributed by atoms with E-state index in [0.29, 0.717) is 12.6 Å². The van der Waals surface area contributed by atoms with Gasteiger partial charge in [-0.2, -0.15) is 0 Å². The van der Waals surface area contributed by atoms with Gasteiger partial charge in [-0.05, 0) is 24.7 Å². The highest BCUT2D eigenvalue weighted by Crippen LogP contribution is 2.36. The zero-order chi connectivity index (χ0) is 14.3. The number of halogens is 1. The van der Waals surface area contributed by atoms with Crippen LogP contribution in [0.4, 0.5) is 0 Å². The molecule has 0 aliphatic carbocycles. The number of benzene rings is 1. The van der Waals surface area contributed by atoms with Crippen molar-refractivity contribution in [2.45, 2.75) is 18.5 Å². The van der Waals surface area contributed by atoms with Crippen molar-refractivity contribution >= 4 is 15.9 Å². The lowest BCUT2D eigenvalue weighted by atomic mass is 9.92. The van der Waals surface area contributed by atoms with Crippen LogP contribution >= 0.6 is 15.9 Å². The summed E-state index contributed by atoms with van der Waals surface area (Å²) < 4.78 is 3.23. The molecule has 1 aliphatic heterocycles. The molecule has 1 aliphatic rings. The summed E-state index contributed by atoms with van der Waals surface area (Å²) in [6.45, 7) is 0.652. The van der Waals surface area contributed by atoms with Gasteiger partial charge < -0.3 is 10.3 Å². The summed E-state index contributed by atoms with van der Waals surface area (Å²) in [6, 6.07) is 9.07. The first-order valence-corrected chi connectivity index (χ1v) is 7.58. The van der Waals surface area contributed by atoms with Crippen LogP contribution in [0.25, 0.3) is 0 Å². The number of likely N-dealkylation sites (N-methyl/N-ethyl adjacent to an activating group) is 1. The molecule has 106 valence electrons. The van der Waals surface area contributed by atoms with Crippen molar-refractivity contribution in [1.29, 1.82) is 0 Å². The number of aromatic nitrogens is 2. The second-order valence-electron chi connectivity index (χ2n) is 5.40. The van der Waals surface area contributed by atoms with E-state index < -0.39 is 0 Å². The maximum Gasteiger partial charge on any atom is 0.0949 e. The Balaban J connectivity index is 2.11. The monoisotopic (exact) mass is 334 g/mol. The number of nitrogens with zero attached hydrogens (tertiary/aromatic N) is 3. The van der Waals surface area contributed by atoms with Crippen LogP contribution in [0.5, 0.6) is 0 Å². The van der Waals surface area contributed by atoms with Gasteiger partial charge >= 0.3 is 0 Å². The van der Waals surface area contributed by atoms with E-state index in [2.05, 4.69) is 68.7 Å². The molecule has 0 bridgehead atoms. The highest BCUT2D eigenvalue weighted by molar-refractivity contribution is 9.10. The molecule has 1 aromatic heterocycles. The lowest BCUT2D eigenvalue weighted by Crippen LogP contribution is -2.46. The van der Waals surface area contributed by atoms with Gasteiger partial charge in [0, 0.05) is 30.5 Å². The standard InChI is InChI=1S/C15H19BrN4/c1-19-9-18-13-7-12(8-17)20(2)14(15(13)19)10-3-5-11(16)6-4-10/h3-6,9,12,14H,7-8,17H2,1-2H3. The summed E-state index contributed by atoms with van der Waals surface area (Å²) >= 11 is 3.50. The van der Waals surface area contributed by atoms with Gasteiger partial charge in [0.15, 0.2) is 0 Å². The van der Waals surface area contributed by atoms with E-state index in [1.165, 1.54) is 17.0 Å². The predicted molar refractivity (Wildman–Crippen MR) is 83.5 cm³/mol. The first-order valence-electron chi connectivity index (χ1n) is 6.79. The first-order chi connectivity index (χ1) is 9.61. The third kappa shape index (κ3) is 2.20. The van der Waals surface area contributed by atoms with Crippen molar-refractivity contribution in [3.8, 4) is 0 Å². The van der Waals surface area contributed by atoms with E-state index in [9.17, 15) is 0 Å². The SMILES string of the molecule is CN1C(CN)Cc2ncn(C)c2C1c1ccc(Br)cc1. The Morgan fingerprint density at radius 2 is 2.00 bits per heavy atom. The molecule has 2 atom stereocenters. The summed E-state index contributed by atoms with van der Waals surface area (Å²) in [5, 5.41) is 0. The Kier molecular flexibility index (Phi) is 3.67. The maximum atomic E-state index is 5.94. The average Bonchev–Trinajstić information content (AvgIpc) is 2.81. The van der Waals surface area contributed by atoms with Crippen LogP contribution in [0.2, 0.25) is 0 Å². The molecule has 2 heterocycles. The third-order valence-electron chi connectivity index (χ3n) is 4.19. The quantitative estimate of drug-likeness (QED) is 0.914. The van der Waals surface area contributed by atoms with Crippen molar-refractivity contribution in [1.82, 2.24) is 14.5 Å². The van der Waals surface area contributed by atoms with Crippen LogP contribution in [0.1, 0.15) is 23.0 Å². The van der Waals surface area contributed by atoms with Crippen LogP contribution in [0, 0.1) is 0 Å². The molecule has 0 saturated heterocycles. The van der Waals surface area contributed by atoms with Crippen LogP contribution in [-0.2, 0) is 13.5 Å². The number of hydrogen-bond donors (Lipinski definition) is 1. The Morgan fingerprint density at radius 3 is 2.65 bits per heavy atom. The van der Waals surface area contributed by atoms with E-state index in [0.717, 1.165) is 10.9 Å². The zero-order valence-electron chi connectivity index (χ0n) is 11.8. The molecule has 4 nitrogen and oxygen atoms in total. The molecule has 2 aromatic rings. The van der Waals surface area contributed by atoms with Crippen molar-refractivity contribution in [2.24, 2.45) is 12.8 Å². The molecule has 0 saturated carbocycles. The summed E-state index contributed by atoms with van der Waals surface area (Å²) in [5.41, 5.74) is 9.67. The molecule has 5 heteroatoms. The predicted octanol–water partition coefficient (Wildman–Crippen LogP) is 2.09. The Hall–Kier alpha value is -1.17. The molecule has 0 radical (unpaired) electrons. The van der Waals surface area contributed by atoms with Gasteiger partial charge in [0.25, 0.3) is 0 Å². The Labute approximate surface area is 127 Å². The fraction of sp³-hybridized carbons (Fsp3) is 0.400. The highest BCUT2D eigenvalue weighted by atomic mass is 79.9. The van der Waals surface area contributed by atoms with E-state index in [4.69, 9.17) is 5.73 Å². The van der Waals surface area contributed by atoms with Crippen molar-refractivity contribution in [3.63, 3.8) is 0 Å². The van der Waals surface area contributed by atoms with E-state index in [1.807, 2.05) is 6.33 Å². The molecule has 20 heavy (non-hydrogen) atoms. The van der Waals surface area contributed by atoms with Gasteiger partial charge in [-0.25, -0.2) is 4.98 Å². The number of fused-ring (bicyclic) bond motifs is 1. The molecule has 2 unspecified atom stereocenters. The lowest BCUT2D eigenvalue weighted by molar-refractivity contribution is 0.177. The van der Waals surface area contributed by atoms with E-state index in [1.54, 1.807) is 0 Å². The lowest BCUT2D eigenvalue weighted by Gasteiger charge is -2.39. The topological polar surface area (TPSA) is 47.1 Å². The number of hydrogen-bond acceptors (Lipinski definition) is 3. The Morgan fingerprint density at radius 1 is 1.30 bits per heavy atom. The number of aryl methyl sites for hydroxylation is 1. The second-order valence-corrected chi connectivity index (χ2v) is 6.32. The van der Waals surface area contributed by atoms with Crippen molar-refractivity contribution in [2.75, 3.05) is 13.6 Å². The average molecular weight is 335 g/mol. The van der Waals surface area contributed by atoms with Crippen molar-refractivity contribution < 1.29 is 0 Å². The van der Waals surface area contributed by atoms with E-state index >= 15 is 0 Å². The van der Waals surface area contributed by atoms with Crippen LogP contribution < -0.4 is 5.73 Å².